The quantitative estimate of drug-likeness (QED) is 0.527. The van der Waals surface area contributed by atoms with Crippen molar-refractivity contribution in [1.29, 1.82) is 0 Å². The molecule has 32 heavy (non-hydrogen) atoms. The molecule has 4 rings (SSSR count). The Morgan fingerprint density at radius 3 is 2.78 bits per heavy atom. The second-order valence-electron chi connectivity index (χ2n) is 8.34. The van der Waals surface area contributed by atoms with E-state index in [0.717, 1.165) is 12.8 Å². The van der Waals surface area contributed by atoms with Gasteiger partial charge in [0.25, 0.3) is 0 Å². The number of imide groups is 1. The fourth-order valence-corrected chi connectivity index (χ4v) is 5.03. The highest BCUT2D eigenvalue weighted by Crippen LogP contribution is 2.31. The van der Waals surface area contributed by atoms with Gasteiger partial charge >= 0.3 is 6.03 Å². The van der Waals surface area contributed by atoms with Crippen LogP contribution < -0.4 is 10.1 Å². The summed E-state index contributed by atoms with van der Waals surface area (Å²) in [5.74, 6) is -1.19. The lowest BCUT2D eigenvalue weighted by Gasteiger charge is -2.15. The number of aromatic nitrogens is 3. The number of carbonyl (C=O) groups is 2. The third kappa shape index (κ3) is 5.61. The molecular weight excluding hydrogens is 441 g/mol. The Hall–Kier alpha value is -3.02. The van der Waals surface area contributed by atoms with Crippen LogP contribution in [0.5, 0.6) is 5.75 Å². The van der Waals surface area contributed by atoms with Gasteiger partial charge in [-0.05, 0) is 42.4 Å². The number of ether oxygens (including phenoxy) is 1. The fraction of sp³-hybridized carbons (Fsp3) is 0.500. The molecule has 2 aliphatic rings. The molecule has 3 amide bonds. The molecule has 2 fully saturated rings. The molecule has 1 aliphatic heterocycles. The predicted octanol–water partition coefficient (Wildman–Crippen LogP) is 1.43. The summed E-state index contributed by atoms with van der Waals surface area (Å²) in [5, 5.41) is 9.85. The van der Waals surface area contributed by atoms with E-state index in [1.54, 1.807) is 19.1 Å². The van der Waals surface area contributed by atoms with Crippen molar-refractivity contribution in [3.8, 4) is 5.75 Å². The molecule has 1 saturated carbocycles. The molecule has 1 aromatic heterocycles. The van der Waals surface area contributed by atoms with Crippen molar-refractivity contribution in [3.05, 3.63) is 41.5 Å². The summed E-state index contributed by atoms with van der Waals surface area (Å²) in [5.41, 5.74) is 1.04. The highest BCUT2D eigenvalue weighted by atomic mass is 32.2. The van der Waals surface area contributed by atoms with Crippen LogP contribution in [0.2, 0.25) is 0 Å². The third-order valence-electron chi connectivity index (χ3n) is 5.34. The molecule has 10 nitrogen and oxygen atoms in total. The minimum absolute atomic E-state index is 0.0488. The molecule has 0 radical (unpaired) electrons. The molecule has 0 bridgehead atoms. The number of nitrogens with one attached hydrogen (secondary N) is 1. The van der Waals surface area contributed by atoms with Crippen molar-refractivity contribution >= 4 is 21.8 Å². The molecule has 12 heteroatoms. The van der Waals surface area contributed by atoms with E-state index in [1.807, 2.05) is 0 Å². The Morgan fingerprint density at radius 2 is 2.09 bits per heavy atom. The molecule has 0 unspecified atom stereocenters. The molecule has 1 aromatic carbocycles. The lowest BCUT2D eigenvalue weighted by Crippen LogP contribution is -2.27. The van der Waals surface area contributed by atoms with Gasteiger partial charge < -0.3 is 9.64 Å². The van der Waals surface area contributed by atoms with E-state index in [1.165, 1.54) is 21.8 Å². The second kappa shape index (κ2) is 8.85. The van der Waals surface area contributed by atoms with Crippen LogP contribution in [0.4, 0.5) is 9.18 Å². The van der Waals surface area contributed by atoms with Crippen LogP contribution in [-0.4, -0.2) is 59.2 Å². The Kier molecular flexibility index (Phi) is 6.13. The van der Waals surface area contributed by atoms with Gasteiger partial charge in [-0.3, -0.25) is 10.1 Å². The van der Waals surface area contributed by atoms with Crippen molar-refractivity contribution in [1.82, 2.24) is 25.2 Å². The van der Waals surface area contributed by atoms with Gasteiger partial charge in [-0.25, -0.2) is 22.3 Å². The molecule has 2 aromatic rings. The van der Waals surface area contributed by atoms with Gasteiger partial charge in [0.05, 0.1) is 25.1 Å². The van der Waals surface area contributed by atoms with Crippen molar-refractivity contribution in [2.24, 2.45) is 5.92 Å². The smallest absolute Gasteiger partial charge is 0.324 e. The number of hydrogen-bond acceptors (Lipinski definition) is 7. The minimum Gasteiger partial charge on any atom is -0.490 e. The van der Waals surface area contributed by atoms with E-state index in [9.17, 15) is 22.4 Å². The third-order valence-corrected chi connectivity index (χ3v) is 7.00. The summed E-state index contributed by atoms with van der Waals surface area (Å²) >= 11 is 0. The van der Waals surface area contributed by atoms with Crippen molar-refractivity contribution < 1.29 is 27.1 Å². The maximum absolute atomic E-state index is 14.0. The Bertz CT molecular complexity index is 1130. The largest absolute Gasteiger partial charge is 0.490 e. The lowest BCUT2D eigenvalue weighted by atomic mass is 10.0. The van der Waals surface area contributed by atoms with E-state index < -0.39 is 27.6 Å². The number of amides is 3. The maximum Gasteiger partial charge on any atom is 0.324 e. The van der Waals surface area contributed by atoms with Crippen molar-refractivity contribution in [2.75, 3.05) is 18.9 Å². The van der Waals surface area contributed by atoms with Gasteiger partial charge in [0.2, 0.25) is 5.91 Å². The first-order chi connectivity index (χ1) is 15.2. The predicted molar refractivity (Wildman–Crippen MR) is 111 cm³/mol. The Labute approximate surface area is 184 Å². The highest BCUT2D eigenvalue weighted by Gasteiger charge is 2.28. The van der Waals surface area contributed by atoms with E-state index >= 15 is 0 Å². The van der Waals surface area contributed by atoms with Gasteiger partial charge in [0, 0.05) is 0 Å². The van der Waals surface area contributed by atoms with E-state index in [2.05, 4.69) is 15.6 Å². The van der Waals surface area contributed by atoms with Gasteiger partial charge in [0.15, 0.2) is 21.4 Å². The average Bonchev–Trinajstić information content (AvgIpc) is 3.36. The molecule has 1 saturated heterocycles. The molecule has 1 N–H and O–H groups in total. The van der Waals surface area contributed by atoms with Gasteiger partial charge in [-0.15, -0.1) is 5.10 Å². The first-order valence-electron chi connectivity index (χ1n) is 10.3. The van der Waals surface area contributed by atoms with Crippen LogP contribution in [-0.2, 0) is 27.1 Å². The molecule has 172 valence electrons. The summed E-state index contributed by atoms with van der Waals surface area (Å²) in [6, 6.07) is 3.90. The molecule has 0 spiro atoms. The summed E-state index contributed by atoms with van der Waals surface area (Å²) in [6.45, 7) is 2.19. The number of halogens is 1. The first kappa shape index (κ1) is 22.2. The van der Waals surface area contributed by atoms with Crippen molar-refractivity contribution in [2.45, 2.75) is 38.1 Å². The number of sulfone groups is 1. The number of hydrogen-bond donors (Lipinski definition) is 1. The van der Waals surface area contributed by atoms with Gasteiger partial charge in [-0.1, -0.05) is 18.2 Å². The number of benzene rings is 1. The number of urea groups is 1. The standard InChI is InChI=1S/C20H24FN5O5S/c1-13(15-4-5-17(21)18(6-15)31-10-14-2-3-14)11-32(29,30)12-26-8-16(23-24-26)7-25-9-19(27)22-20(25)28/h4-6,8,13-14H,2-3,7,9-12H2,1H3,(H,22,27,28)/t13-/m0/s1. The van der Waals surface area contributed by atoms with Crippen molar-refractivity contribution in [3.63, 3.8) is 0 Å². The normalized spacial score (nSPS) is 17.5. The lowest BCUT2D eigenvalue weighted by molar-refractivity contribution is -0.118. The van der Waals surface area contributed by atoms with Gasteiger partial charge in [-0.2, -0.15) is 0 Å². The molecule has 1 aliphatic carbocycles. The molecule has 2 heterocycles. The zero-order valence-electron chi connectivity index (χ0n) is 17.5. The minimum atomic E-state index is -3.58. The van der Waals surface area contributed by atoms with Crippen LogP contribution in [0.1, 0.15) is 36.9 Å². The summed E-state index contributed by atoms with van der Waals surface area (Å²) in [7, 11) is -3.58. The second-order valence-corrected chi connectivity index (χ2v) is 10.4. The number of carbonyl (C=O) groups excluding carboxylic acids is 2. The van der Waals surface area contributed by atoms with Crippen LogP contribution in [0, 0.1) is 11.7 Å². The van der Waals surface area contributed by atoms with Crippen LogP contribution in [0.15, 0.2) is 24.4 Å². The van der Waals surface area contributed by atoms with E-state index in [-0.39, 0.29) is 36.4 Å². The molecular formula is C20H24FN5O5S. The first-order valence-corrected chi connectivity index (χ1v) is 12.1. The van der Waals surface area contributed by atoms with Crippen LogP contribution in [0.3, 0.4) is 0 Å². The summed E-state index contributed by atoms with van der Waals surface area (Å²) in [6.07, 6.45) is 3.60. The Balaban J connectivity index is 1.36. The van der Waals surface area contributed by atoms with Crippen LogP contribution >= 0.6 is 0 Å². The summed E-state index contributed by atoms with van der Waals surface area (Å²) < 4.78 is 46.1. The highest BCUT2D eigenvalue weighted by molar-refractivity contribution is 7.90. The monoisotopic (exact) mass is 465 g/mol. The zero-order valence-corrected chi connectivity index (χ0v) is 18.3. The fourth-order valence-electron chi connectivity index (χ4n) is 3.44. The topological polar surface area (TPSA) is 123 Å². The number of rotatable bonds is 10. The maximum atomic E-state index is 14.0. The number of nitrogens with zero attached hydrogens (tertiary/aromatic N) is 4. The zero-order chi connectivity index (χ0) is 22.9. The average molecular weight is 466 g/mol. The van der Waals surface area contributed by atoms with E-state index in [0.29, 0.717) is 23.8 Å². The van der Waals surface area contributed by atoms with E-state index in [4.69, 9.17) is 4.74 Å². The van der Waals surface area contributed by atoms with Crippen LogP contribution in [0.25, 0.3) is 0 Å². The Morgan fingerprint density at radius 1 is 1.31 bits per heavy atom. The molecule has 1 atom stereocenters. The summed E-state index contributed by atoms with van der Waals surface area (Å²) in [4.78, 5) is 24.1. The SMILES string of the molecule is C[C@@H](CS(=O)(=O)Cn1cc(CN2CC(=O)NC2=O)nn1)c1ccc(F)c(OCC2CC2)c1. The van der Waals surface area contributed by atoms with Gasteiger partial charge in [0.1, 0.15) is 18.1 Å².